The van der Waals surface area contributed by atoms with Gasteiger partial charge in [0, 0.05) is 63.0 Å². The molecule has 0 bridgehead atoms. The zero-order valence-corrected chi connectivity index (χ0v) is 18.3. The van der Waals surface area contributed by atoms with Crippen molar-refractivity contribution in [3.05, 3.63) is 29.9 Å². The maximum absolute atomic E-state index is 5.40. The minimum atomic E-state index is 0.388. The summed E-state index contributed by atoms with van der Waals surface area (Å²) in [6.45, 7) is 4.54. The molecule has 0 aliphatic carbocycles. The minimum Gasteiger partial charge on any atom is -0.497 e. The van der Waals surface area contributed by atoms with Crippen LogP contribution in [0.4, 0.5) is 5.69 Å². The summed E-state index contributed by atoms with van der Waals surface area (Å²) in [7, 11) is 5.15. The number of hydrogen-bond acceptors (Lipinski definition) is 7. The number of benzene rings is 1. The van der Waals surface area contributed by atoms with Crippen LogP contribution in [0.25, 0.3) is 0 Å². The van der Waals surface area contributed by atoms with E-state index in [1.165, 1.54) is 0 Å². The third-order valence-electron chi connectivity index (χ3n) is 5.19. The molecule has 0 amide bonds. The molecular formula is C21H32N6O3. The highest BCUT2D eigenvalue weighted by atomic mass is 16.5. The Bertz CT molecular complexity index is 808. The van der Waals surface area contributed by atoms with Crippen LogP contribution in [0.15, 0.2) is 27.7 Å². The lowest BCUT2D eigenvalue weighted by Gasteiger charge is -2.34. The minimum absolute atomic E-state index is 0.388. The van der Waals surface area contributed by atoms with Gasteiger partial charge in [0.2, 0.25) is 5.89 Å². The molecule has 30 heavy (non-hydrogen) atoms. The van der Waals surface area contributed by atoms with E-state index in [9.17, 15) is 0 Å². The Morgan fingerprint density at radius 1 is 1.20 bits per heavy atom. The zero-order valence-electron chi connectivity index (χ0n) is 18.3. The van der Waals surface area contributed by atoms with Crippen molar-refractivity contribution in [1.29, 1.82) is 0 Å². The molecule has 9 nitrogen and oxygen atoms in total. The second-order valence-corrected chi connectivity index (χ2v) is 7.31. The predicted molar refractivity (Wildman–Crippen MR) is 117 cm³/mol. The SMILES string of the molecule is CN=C(NCCCc1nc(C)no1)NC1CCN(c2cc(OC)cc(OC)c2)CC1. The highest BCUT2D eigenvalue weighted by Gasteiger charge is 2.21. The fraction of sp³-hybridized carbons (Fsp3) is 0.571. The number of aryl methyl sites for hydroxylation is 2. The number of aliphatic imine (C=N–C) groups is 1. The number of methoxy groups -OCH3 is 2. The van der Waals surface area contributed by atoms with E-state index < -0.39 is 0 Å². The van der Waals surface area contributed by atoms with E-state index >= 15 is 0 Å². The molecule has 0 saturated carbocycles. The van der Waals surface area contributed by atoms with Gasteiger partial charge in [-0.15, -0.1) is 0 Å². The van der Waals surface area contributed by atoms with E-state index in [-0.39, 0.29) is 0 Å². The summed E-state index contributed by atoms with van der Waals surface area (Å²) in [6.07, 6.45) is 3.72. The van der Waals surface area contributed by atoms with Gasteiger partial charge < -0.3 is 29.5 Å². The molecule has 0 spiro atoms. The molecule has 3 rings (SSSR count). The summed E-state index contributed by atoms with van der Waals surface area (Å²) in [5.41, 5.74) is 1.13. The molecule has 1 aliphatic heterocycles. The molecule has 0 unspecified atom stereocenters. The highest BCUT2D eigenvalue weighted by Crippen LogP contribution is 2.30. The number of piperidine rings is 1. The summed E-state index contributed by atoms with van der Waals surface area (Å²) in [5, 5.41) is 10.7. The van der Waals surface area contributed by atoms with E-state index in [4.69, 9.17) is 14.0 Å². The first-order valence-electron chi connectivity index (χ1n) is 10.4. The number of guanidine groups is 1. The van der Waals surface area contributed by atoms with Gasteiger partial charge in [-0.2, -0.15) is 4.98 Å². The van der Waals surface area contributed by atoms with Crippen molar-refractivity contribution in [2.24, 2.45) is 4.99 Å². The molecule has 164 valence electrons. The van der Waals surface area contributed by atoms with Crippen molar-refractivity contribution in [2.75, 3.05) is 45.8 Å². The van der Waals surface area contributed by atoms with Gasteiger partial charge in [-0.25, -0.2) is 0 Å². The van der Waals surface area contributed by atoms with E-state index in [0.29, 0.717) is 17.8 Å². The van der Waals surface area contributed by atoms with Crippen LogP contribution in [0, 0.1) is 6.92 Å². The third kappa shape index (κ3) is 6.01. The number of nitrogens with zero attached hydrogens (tertiary/aromatic N) is 4. The Hall–Kier alpha value is -2.97. The summed E-state index contributed by atoms with van der Waals surface area (Å²) in [5.74, 6) is 3.81. The van der Waals surface area contributed by atoms with E-state index in [1.807, 2.05) is 13.0 Å². The van der Waals surface area contributed by atoms with Gasteiger partial charge in [-0.1, -0.05) is 5.16 Å². The molecule has 1 aliphatic rings. The second-order valence-electron chi connectivity index (χ2n) is 7.31. The van der Waals surface area contributed by atoms with Crippen LogP contribution in [0.2, 0.25) is 0 Å². The lowest BCUT2D eigenvalue weighted by Crippen LogP contribution is -2.49. The van der Waals surface area contributed by atoms with Gasteiger partial charge in [0.15, 0.2) is 11.8 Å². The van der Waals surface area contributed by atoms with Gasteiger partial charge in [-0.05, 0) is 26.2 Å². The first-order valence-corrected chi connectivity index (χ1v) is 10.4. The van der Waals surface area contributed by atoms with Crippen molar-refractivity contribution < 1.29 is 14.0 Å². The van der Waals surface area contributed by atoms with Crippen LogP contribution in [-0.4, -0.2) is 63.0 Å². The monoisotopic (exact) mass is 416 g/mol. The van der Waals surface area contributed by atoms with Crippen molar-refractivity contribution in [2.45, 2.75) is 38.6 Å². The van der Waals surface area contributed by atoms with E-state index in [1.54, 1.807) is 21.3 Å². The third-order valence-corrected chi connectivity index (χ3v) is 5.19. The number of nitrogens with one attached hydrogen (secondary N) is 2. The van der Waals surface area contributed by atoms with Crippen molar-refractivity contribution in [3.8, 4) is 11.5 Å². The number of rotatable bonds is 8. The summed E-state index contributed by atoms with van der Waals surface area (Å²) >= 11 is 0. The molecule has 0 atom stereocenters. The standard InChI is InChI=1S/C21H32N6O3/c1-15-24-20(30-26-15)6-5-9-23-21(22-2)25-16-7-10-27(11-8-16)17-12-18(28-3)14-19(13-17)29-4/h12-14,16H,5-11H2,1-4H3,(H2,22,23,25). The fourth-order valence-electron chi connectivity index (χ4n) is 3.53. The van der Waals surface area contributed by atoms with Crippen LogP contribution in [-0.2, 0) is 6.42 Å². The first-order chi connectivity index (χ1) is 14.6. The van der Waals surface area contributed by atoms with Crippen molar-refractivity contribution in [3.63, 3.8) is 0 Å². The normalized spacial score (nSPS) is 15.2. The Morgan fingerprint density at radius 3 is 2.47 bits per heavy atom. The van der Waals surface area contributed by atoms with Crippen molar-refractivity contribution in [1.82, 2.24) is 20.8 Å². The lowest BCUT2D eigenvalue weighted by molar-refractivity contribution is 0.372. The van der Waals surface area contributed by atoms with Gasteiger partial charge in [-0.3, -0.25) is 4.99 Å². The molecule has 1 saturated heterocycles. The van der Waals surface area contributed by atoms with Crippen molar-refractivity contribution >= 4 is 11.6 Å². The van der Waals surface area contributed by atoms with Crippen LogP contribution >= 0.6 is 0 Å². The van der Waals surface area contributed by atoms with Gasteiger partial charge >= 0.3 is 0 Å². The molecule has 2 N–H and O–H groups in total. The molecular weight excluding hydrogens is 384 g/mol. The smallest absolute Gasteiger partial charge is 0.226 e. The molecule has 0 radical (unpaired) electrons. The molecule has 1 fully saturated rings. The highest BCUT2D eigenvalue weighted by molar-refractivity contribution is 5.80. The maximum Gasteiger partial charge on any atom is 0.226 e. The lowest BCUT2D eigenvalue weighted by atomic mass is 10.0. The Morgan fingerprint density at radius 2 is 1.90 bits per heavy atom. The number of ether oxygens (including phenoxy) is 2. The Balaban J connectivity index is 1.43. The van der Waals surface area contributed by atoms with Crippen LogP contribution in [0.5, 0.6) is 11.5 Å². The quantitative estimate of drug-likeness (QED) is 0.384. The Labute approximate surface area is 177 Å². The Kier molecular flexibility index (Phi) is 7.75. The second kappa shape index (κ2) is 10.7. The van der Waals surface area contributed by atoms with Crippen LogP contribution < -0.4 is 25.0 Å². The molecule has 9 heteroatoms. The van der Waals surface area contributed by atoms with Gasteiger partial charge in [0.1, 0.15) is 11.5 Å². The summed E-state index contributed by atoms with van der Waals surface area (Å²) < 4.78 is 15.9. The molecule has 1 aromatic heterocycles. The zero-order chi connectivity index (χ0) is 21.3. The average Bonchev–Trinajstić information content (AvgIpc) is 3.20. The first kappa shape index (κ1) is 21.7. The van der Waals surface area contributed by atoms with Gasteiger partial charge in [0.25, 0.3) is 0 Å². The number of hydrogen-bond donors (Lipinski definition) is 2. The molecule has 1 aromatic carbocycles. The van der Waals surface area contributed by atoms with E-state index in [2.05, 4.69) is 42.8 Å². The molecule has 2 heterocycles. The van der Waals surface area contributed by atoms with Crippen LogP contribution in [0.1, 0.15) is 31.0 Å². The number of aromatic nitrogens is 2. The average molecular weight is 417 g/mol. The molecule has 2 aromatic rings. The maximum atomic E-state index is 5.40. The number of anilines is 1. The topological polar surface area (TPSA) is 97.0 Å². The summed E-state index contributed by atoms with van der Waals surface area (Å²) in [6, 6.07) is 6.40. The van der Waals surface area contributed by atoms with E-state index in [0.717, 1.165) is 68.5 Å². The summed E-state index contributed by atoms with van der Waals surface area (Å²) in [4.78, 5) is 10.9. The van der Waals surface area contributed by atoms with Crippen LogP contribution in [0.3, 0.4) is 0 Å². The predicted octanol–water partition coefficient (Wildman–Crippen LogP) is 2.16. The van der Waals surface area contributed by atoms with Gasteiger partial charge in [0.05, 0.1) is 14.2 Å². The largest absolute Gasteiger partial charge is 0.497 e. The fourth-order valence-corrected chi connectivity index (χ4v) is 3.53.